The summed E-state index contributed by atoms with van der Waals surface area (Å²) in [5.41, 5.74) is 18.8. The van der Waals surface area contributed by atoms with Crippen molar-refractivity contribution in [3.8, 4) is 39.1 Å². The van der Waals surface area contributed by atoms with Crippen molar-refractivity contribution in [2.45, 2.75) is 26.2 Å². The Morgan fingerprint density at radius 2 is 0.573 bits per heavy atom. The molecule has 3 nitrogen and oxygen atoms in total. The van der Waals surface area contributed by atoms with Crippen molar-refractivity contribution in [2.24, 2.45) is 0 Å². The van der Waals surface area contributed by atoms with Crippen LogP contribution in [0.25, 0.3) is 82.4 Å². The van der Waals surface area contributed by atoms with Gasteiger partial charge in [0, 0.05) is 50.6 Å². The first-order valence-corrected chi connectivity index (χ1v) is 26.0. The fraction of sp³-hybridized carbons (Fsp3) is 0.0556. The molecular weight excluding hydrogens is 907 g/mol. The third-order valence-corrected chi connectivity index (χ3v) is 14.9. The first-order chi connectivity index (χ1) is 36.9. The quantitative estimate of drug-likeness (QED) is 0.127. The fourth-order valence-corrected chi connectivity index (χ4v) is 11.3. The standard InChI is InChI=1S/C72H55N3/c1-72(2,3)54-40-36-51(37-41-54)50-32-34-52(35-33-50)70-62-28-16-18-30-64(62)71(65-31-19-17-29-63(65)70)53-38-42-59(43-39-53)75-68-46-44-60(73(55-20-8-4-9-21-55)56-22-10-5-11-23-56)48-66(68)67-49-61(45-47-69(67)75)74(57-24-12-6-13-25-57)58-26-14-7-15-27-58/h4-49H,1-3H3. The summed E-state index contributed by atoms with van der Waals surface area (Å²) in [4.78, 5) is 4.70. The van der Waals surface area contributed by atoms with Crippen LogP contribution in [0.2, 0.25) is 0 Å². The second kappa shape index (κ2) is 18.9. The van der Waals surface area contributed by atoms with Gasteiger partial charge in [0.05, 0.1) is 11.0 Å². The number of anilines is 6. The van der Waals surface area contributed by atoms with Crippen LogP contribution >= 0.6 is 0 Å². The van der Waals surface area contributed by atoms with Gasteiger partial charge in [-0.3, -0.25) is 0 Å². The van der Waals surface area contributed by atoms with Crippen LogP contribution in [0.15, 0.2) is 279 Å². The molecule has 1 aromatic heterocycles. The van der Waals surface area contributed by atoms with E-state index < -0.39 is 0 Å². The van der Waals surface area contributed by atoms with Gasteiger partial charge < -0.3 is 14.4 Å². The Balaban J connectivity index is 0.953. The average Bonchev–Trinajstić information content (AvgIpc) is 3.79. The van der Waals surface area contributed by atoms with E-state index in [0.29, 0.717) is 0 Å². The predicted molar refractivity (Wildman–Crippen MR) is 320 cm³/mol. The largest absolute Gasteiger partial charge is 0.310 e. The van der Waals surface area contributed by atoms with E-state index in [-0.39, 0.29) is 5.41 Å². The van der Waals surface area contributed by atoms with E-state index in [1.54, 1.807) is 0 Å². The van der Waals surface area contributed by atoms with Crippen LogP contribution in [-0.2, 0) is 5.41 Å². The monoisotopic (exact) mass is 961 g/mol. The third kappa shape index (κ3) is 8.29. The summed E-state index contributed by atoms with van der Waals surface area (Å²) < 4.78 is 2.44. The van der Waals surface area contributed by atoms with Crippen molar-refractivity contribution in [1.29, 1.82) is 0 Å². The zero-order chi connectivity index (χ0) is 50.5. The SMILES string of the molecule is CC(C)(C)c1ccc(-c2ccc(-c3c4ccccc4c(-c4ccc(-n5c6ccc(N(c7ccccc7)c7ccccc7)cc6c6cc(N(c7ccccc7)c7ccccc7)ccc65)cc4)c4ccccc34)cc2)cc1. The van der Waals surface area contributed by atoms with Crippen LogP contribution in [0.1, 0.15) is 26.3 Å². The van der Waals surface area contributed by atoms with Crippen LogP contribution in [0.5, 0.6) is 0 Å². The minimum Gasteiger partial charge on any atom is -0.310 e. The highest BCUT2D eigenvalue weighted by atomic mass is 15.1. The maximum absolute atomic E-state index is 2.44. The molecular formula is C72H55N3. The minimum absolute atomic E-state index is 0.117. The second-order valence-electron chi connectivity index (χ2n) is 20.5. The summed E-state index contributed by atoms with van der Waals surface area (Å²) >= 11 is 0. The van der Waals surface area contributed by atoms with E-state index in [2.05, 4.69) is 314 Å². The number of nitrogens with zero attached hydrogens (tertiary/aromatic N) is 3. The van der Waals surface area contributed by atoms with E-state index >= 15 is 0 Å². The summed E-state index contributed by atoms with van der Waals surface area (Å²) in [5, 5.41) is 7.30. The Kier molecular flexibility index (Phi) is 11.4. The molecule has 13 aromatic rings. The number of para-hydroxylation sites is 4. The van der Waals surface area contributed by atoms with Crippen molar-refractivity contribution in [1.82, 2.24) is 4.57 Å². The van der Waals surface area contributed by atoms with Gasteiger partial charge in [-0.05, 0) is 163 Å². The summed E-state index contributed by atoms with van der Waals surface area (Å²) in [6.45, 7) is 6.80. The topological polar surface area (TPSA) is 11.4 Å². The van der Waals surface area contributed by atoms with Crippen LogP contribution in [-0.4, -0.2) is 4.57 Å². The molecule has 1 heterocycles. The van der Waals surface area contributed by atoms with Crippen molar-refractivity contribution in [3.05, 3.63) is 285 Å². The first kappa shape index (κ1) is 45.4. The fourth-order valence-electron chi connectivity index (χ4n) is 11.3. The zero-order valence-corrected chi connectivity index (χ0v) is 42.4. The molecule has 0 fully saturated rings. The van der Waals surface area contributed by atoms with Crippen molar-refractivity contribution in [2.75, 3.05) is 9.80 Å². The maximum Gasteiger partial charge on any atom is 0.0542 e. The lowest BCUT2D eigenvalue weighted by Gasteiger charge is -2.26. The summed E-state index contributed by atoms with van der Waals surface area (Å²) in [5.74, 6) is 0. The number of fused-ring (bicyclic) bond motifs is 5. The molecule has 0 aliphatic rings. The Labute approximate surface area is 439 Å². The maximum atomic E-state index is 2.44. The van der Waals surface area contributed by atoms with Gasteiger partial charge in [-0.2, -0.15) is 0 Å². The van der Waals surface area contributed by atoms with E-state index in [1.807, 2.05) is 0 Å². The summed E-state index contributed by atoms with van der Waals surface area (Å²) in [7, 11) is 0. The van der Waals surface area contributed by atoms with Gasteiger partial charge in [0.1, 0.15) is 0 Å². The first-order valence-electron chi connectivity index (χ1n) is 26.0. The molecule has 0 saturated heterocycles. The molecule has 0 unspecified atom stereocenters. The van der Waals surface area contributed by atoms with Gasteiger partial charge in [-0.1, -0.05) is 203 Å². The molecule has 0 amide bonds. The predicted octanol–water partition coefficient (Wildman–Crippen LogP) is 20.3. The molecule has 0 aliphatic heterocycles. The molecule has 12 aromatic carbocycles. The van der Waals surface area contributed by atoms with Crippen LogP contribution in [0, 0.1) is 0 Å². The van der Waals surface area contributed by atoms with E-state index in [9.17, 15) is 0 Å². The van der Waals surface area contributed by atoms with Gasteiger partial charge in [0.2, 0.25) is 0 Å². The Bertz CT molecular complexity index is 3880. The molecule has 0 bridgehead atoms. The molecule has 0 spiro atoms. The minimum atomic E-state index is 0.117. The summed E-state index contributed by atoms with van der Waals surface area (Å²) in [6.07, 6.45) is 0. The molecule has 0 atom stereocenters. The van der Waals surface area contributed by atoms with Crippen LogP contribution in [0.4, 0.5) is 34.1 Å². The second-order valence-corrected chi connectivity index (χ2v) is 20.5. The molecule has 75 heavy (non-hydrogen) atoms. The Hall–Kier alpha value is -9.44. The molecule has 0 radical (unpaired) electrons. The van der Waals surface area contributed by atoms with Crippen molar-refractivity contribution >= 4 is 77.5 Å². The zero-order valence-electron chi connectivity index (χ0n) is 42.4. The summed E-state index contributed by atoms with van der Waals surface area (Å²) in [6, 6.07) is 102. The molecule has 3 heteroatoms. The highest BCUT2D eigenvalue weighted by molar-refractivity contribution is 6.21. The number of hydrogen-bond donors (Lipinski definition) is 0. The third-order valence-electron chi connectivity index (χ3n) is 14.9. The molecule has 13 rings (SSSR count). The van der Waals surface area contributed by atoms with Gasteiger partial charge in [-0.25, -0.2) is 0 Å². The van der Waals surface area contributed by atoms with Gasteiger partial charge in [-0.15, -0.1) is 0 Å². The number of benzene rings is 12. The lowest BCUT2D eigenvalue weighted by molar-refractivity contribution is 0.590. The van der Waals surface area contributed by atoms with Gasteiger partial charge in [0.15, 0.2) is 0 Å². The highest BCUT2D eigenvalue weighted by Gasteiger charge is 2.22. The Morgan fingerprint density at radius 1 is 0.267 bits per heavy atom. The van der Waals surface area contributed by atoms with Crippen molar-refractivity contribution in [3.63, 3.8) is 0 Å². The van der Waals surface area contributed by atoms with E-state index in [0.717, 1.165) is 50.8 Å². The van der Waals surface area contributed by atoms with Gasteiger partial charge >= 0.3 is 0 Å². The Morgan fingerprint density at radius 3 is 0.920 bits per heavy atom. The molecule has 0 saturated carbocycles. The van der Waals surface area contributed by atoms with Gasteiger partial charge in [0.25, 0.3) is 0 Å². The van der Waals surface area contributed by atoms with Crippen molar-refractivity contribution < 1.29 is 0 Å². The number of hydrogen-bond acceptors (Lipinski definition) is 2. The number of aromatic nitrogens is 1. The number of rotatable bonds is 10. The average molecular weight is 962 g/mol. The van der Waals surface area contributed by atoms with E-state index in [4.69, 9.17) is 0 Å². The normalized spacial score (nSPS) is 11.7. The lowest BCUT2D eigenvalue weighted by Crippen LogP contribution is -2.10. The lowest BCUT2D eigenvalue weighted by atomic mass is 9.85. The van der Waals surface area contributed by atoms with Crippen LogP contribution in [0.3, 0.4) is 0 Å². The molecule has 0 aliphatic carbocycles. The highest BCUT2D eigenvalue weighted by Crippen LogP contribution is 2.46. The molecule has 358 valence electrons. The molecule has 0 N–H and O–H groups in total. The smallest absolute Gasteiger partial charge is 0.0542 e. The van der Waals surface area contributed by atoms with E-state index in [1.165, 1.54) is 71.3 Å². The van der Waals surface area contributed by atoms with Crippen LogP contribution < -0.4 is 9.80 Å².